The second-order valence-corrected chi connectivity index (χ2v) is 5.17. The van der Waals surface area contributed by atoms with E-state index in [0.717, 1.165) is 18.7 Å². The Hall–Kier alpha value is -1.82. The quantitative estimate of drug-likeness (QED) is 0.915. The lowest BCUT2D eigenvalue weighted by molar-refractivity contribution is -0.137. The van der Waals surface area contributed by atoms with Crippen molar-refractivity contribution in [2.75, 3.05) is 6.54 Å². The van der Waals surface area contributed by atoms with E-state index in [2.05, 4.69) is 10.3 Å². The minimum Gasteiger partial charge on any atom is -0.441 e. The molecule has 112 valence electrons. The van der Waals surface area contributed by atoms with Crippen molar-refractivity contribution in [2.45, 2.75) is 31.5 Å². The molecule has 0 bridgehead atoms. The van der Waals surface area contributed by atoms with Crippen molar-refractivity contribution in [1.82, 2.24) is 10.3 Å². The van der Waals surface area contributed by atoms with E-state index in [1.165, 1.54) is 25.0 Å². The van der Waals surface area contributed by atoms with Crippen molar-refractivity contribution in [3.63, 3.8) is 0 Å². The van der Waals surface area contributed by atoms with Crippen LogP contribution in [0.25, 0.3) is 11.3 Å². The Kier molecular flexibility index (Phi) is 3.71. The highest BCUT2D eigenvalue weighted by Gasteiger charge is 2.30. The molecule has 1 heterocycles. The maximum atomic E-state index is 12.5. The molecule has 1 N–H and O–H groups in total. The van der Waals surface area contributed by atoms with Crippen molar-refractivity contribution < 1.29 is 17.6 Å². The van der Waals surface area contributed by atoms with Crippen LogP contribution >= 0.6 is 0 Å². The van der Waals surface area contributed by atoms with E-state index in [0.29, 0.717) is 29.7 Å². The standard InChI is InChI=1S/C15H15F3N2O/c16-15(17,18)11-3-1-10(2-4-11)13-9-20-14(21-13)7-8-19-12-5-6-12/h1-4,9,12,19H,5-8H2. The smallest absolute Gasteiger partial charge is 0.416 e. The van der Waals surface area contributed by atoms with Crippen molar-refractivity contribution in [1.29, 1.82) is 0 Å². The third kappa shape index (κ3) is 3.64. The van der Waals surface area contributed by atoms with E-state index in [1.54, 1.807) is 6.20 Å². The molecule has 0 saturated heterocycles. The fraction of sp³-hybridized carbons (Fsp3) is 0.400. The average Bonchev–Trinajstić information content (AvgIpc) is 3.14. The number of hydrogen-bond donors (Lipinski definition) is 1. The van der Waals surface area contributed by atoms with Gasteiger partial charge in [0.1, 0.15) is 0 Å². The molecule has 0 spiro atoms. The second kappa shape index (κ2) is 5.52. The first-order valence-electron chi connectivity index (χ1n) is 6.88. The molecule has 1 aromatic carbocycles. The number of aromatic nitrogens is 1. The summed E-state index contributed by atoms with van der Waals surface area (Å²) in [6, 6.07) is 5.53. The summed E-state index contributed by atoms with van der Waals surface area (Å²) in [5.74, 6) is 1.09. The third-order valence-corrected chi connectivity index (χ3v) is 3.40. The number of nitrogens with zero attached hydrogens (tertiary/aromatic N) is 1. The number of rotatable bonds is 5. The van der Waals surface area contributed by atoms with Gasteiger partial charge in [-0.15, -0.1) is 0 Å². The average molecular weight is 296 g/mol. The van der Waals surface area contributed by atoms with Crippen LogP contribution in [0.1, 0.15) is 24.3 Å². The first-order valence-corrected chi connectivity index (χ1v) is 6.88. The van der Waals surface area contributed by atoms with Crippen molar-refractivity contribution in [3.05, 3.63) is 41.9 Å². The molecule has 1 fully saturated rings. The van der Waals surface area contributed by atoms with Crippen LogP contribution in [-0.2, 0) is 12.6 Å². The summed E-state index contributed by atoms with van der Waals surface area (Å²) < 4.78 is 43.0. The van der Waals surface area contributed by atoms with E-state index in [1.807, 2.05) is 0 Å². The Morgan fingerprint density at radius 2 is 1.90 bits per heavy atom. The van der Waals surface area contributed by atoms with E-state index in [-0.39, 0.29) is 0 Å². The highest BCUT2D eigenvalue weighted by molar-refractivity contribution is 5.56. The maximum absolute atomic E-state index is 12.5. The summed E-state index contributed by atoms with van der Waals surface area (Å²) >= 11 is 0. The highest BCUT2D eigenvalue weighted by atomic mass is 19.4. The van der Waals surface area contributed by atoms with Gasteiger partial charge in [-0.25, -0.2) is 4.98 Å². The molecule has 0 radical (unpaired) electrons. The van der Waals surface area contributed by atoms with Crippen LogP contribution in [0.5, 0.6) is 0 Å². The number of nitrogens with one attached hydrogen (secondary N) is 1. The molecule has 21 heavy (non-hydrogen) atoms. The van der Waals surface area contributed by atoms with Crippen LogP contribution in [0.15, 0.2) is 34.9 Å². The van der Waals surface area contributed by atoms with Gasteiger partial charge in [0.25, 0.3) is 0 Å². The van der Waals surface area contributed by atoms with Gasteiger partial charge in [-0.1, -0.05) is 12.1 Å². The molecule has 1 aliphatic carbocycles. The van der Waals surface area contributed by atoms with Crippen LogP contribution in [0.4, 0.5) is 13.2 Å². The molecule has 3 rings (SSSR count). The Balaban J connectivity index is 1.64. The van der Waals surface area contributed by atoms with Gasteiger partial charge in [0.05, 0.1) is 11.8 Å². The molecule has 0 unspecified atom stereocenters. The SMILES string of the molecule is FC(F)(F)c1ccc(-c2cnc(CCNC3CC3)o2)cc1. The number of hydrogen-bond acceptors (Lipinski definition) is 3. The Morgan fingerprint density at radius 1 is 1.19 bits per heavy atom. The number of oxazole rings is 1. The zero-order chi connectivity index (χ0) is 14.9. The molecule has 1 saturated carbocycles. The van der Waals surface area contributed by atoms with Crippen LogP contribution in [-0.4, -0.2) is 17.6 Å². The summed E-state index contributed by atoms with van der Waals surface area (Å²) in [6.07, 6.45) is 0.358. The molecule has 1 aliphatic rings. The largest absolute Gasteiger partial charge is 0.441 e. The van der Waals surface area contributed by atoms with Crippen molar-refractivity contribution >= 4 is 0 Å². The molecule has 1 aromatic heterocycles. The fourth-order valence-corrected chi connectivity index (χ4v) is 2.05. The summed E-state index contributed by atoms with van der Waals surface area (Å²) in [4.78, 5) is 4.15. The lowest BCUT2D eigenvalue weighted by Crippen LogP contribution is -2.19. The molecule has 6 heteroatoms. The number of halogens is 3. The van der Waals surface area contributed by atoms with Gasteiger partial charge in [-0.05, 0) is 25.0 Å². The van der Waals surface area contributed by atoms with Crippen LogP contribution in [0, 0.1) is 0 Å². The Labute approximate surface area is 120 Å². The molecular formula is C15H15F3N2O. The monoisotopic (exact) mass is 296 g/mol. The van der Waals surface area contributed by atoms with E-state index < -0.39 is 11.7 Å². The molecular weight excluding hydrogens is 281 g/mol. The minimum atomic E-state index is -4.32. The van der Waals surface area contributed by atoms with Crippen molar-refractivity contribution in [3.8, 4) is 11.3 Å². The van der Waals surface area contributed by atoms with Gasteiger partial charge in [0.2, 0.25) is 0 Å². The molecule has 2 aromatic rings. The predicted molar refractivity (Wildman–Crippen MR) is 71.7 cm³/mol. The van der Waals surface area contributed by atoms with Gasteiger partial charge >= 0.3 is 6.18 Å². The first-order chi connectivity index (χ1) is 10.0. The van der Waals surface area contributed by atoms with E-state index in [4.69, 9.17) is 4.42 Å². The van der Waals surface area contributed by atoms with Gasteiger partial charge in [0, 0.05) is 24.6 Å². The third-order valence-electron chi connectivity index (χ3n) is 3.40. The fourth-order valence-electron chi connectivity index (χ4n) is 2.05. The van der Waals surface area contributed by atoms with Crippen LogP contribution in [0.2, 0.25) is 0 Å². The minimum absolute atomic E-state index is 0.491. The van der Waals surface area contributed by atoms with Gasteiger partial charge in [-0.2, -0.15) is 13.2 Å². The lowest BCUT2D eigenvalue weighted by Gasteiger charge is -2.06. The molecule has 0 amide bonds. The summed E-state index contributed by atoms with van der Waals surface area (Å²) in [5.41, 5.74) is -0.0727. The van der Waals surface area contributed by atoms with E-state index >= 15 is 0 Å². The topological polar surface area (TPSA) is 38.1 Å². The number of benzene rings is 1. The van der Waals surface area contributed by atoms with E-state index in [9.17, 15) is 13.2 Å². The maximum Gasteiger partial charge on any atom is 0.416 e. The zero-order valence-corrected chi connectivity index (χ0v) is 11.3. The van der Waals surface area contributed by atoms with Gasteiger partial charge < -0.3 is 9.73 Å². The van der Waals surface area contributed by atoms with Gasteiger partial charge in [-0.3, -0.25) is 0 Å². The number of alkyl halides is 3. The zero-order valence-electron chi connectivity index (χ0n) is 11.3. The summed E-state index contributed by atoms with van der Waals surface area (Å²) in [7, 11) is 0. The molecule has 0 aliphatic heterocycles. The van der Waals surface area contributed by atoms with Gasteiger partial charge in [0.15, 0.2) is 11.7 Å². The Morgan fingerprint density at radius 3 is 2.52 bits per heavy atom. The molecule has 3 nitrogen and oxygen atoms in total. The summed E-state index contributed by atoms with van der Waals surface area (Å²) in [5, 5.41) is 3.35. The normalized spacial score (nSPS) is 15.4. The van der Waals surface area contributed by atoms with Crippen LogP contribution in [0.3, 0.4) is 0 Å². The second-order valence-electron chi connectivity index (χ2n) is 5.17. The van der Waals surface area contributed by atoms with Crippen LogP contribution < -0.4 is 5.32 Å². The first kappa shape index (κ1) is 14.1. The highest BCUT2D eigenvalue weighted by Crippen LogP contribution is 2.31. The predicted octanol–water partition coefficient (Wildman–Crippen LogP) is 3.65. The van der Waals surface area contributed by atoms with Crippen molar-refractivity contribution in [2.24, 2.45) is 0 Å². The Bertz CT molecular complexity index is 600. The lowest BCUT2D eigenvalue weighted by atomic mass is 10.1. The molecule has 0 atom stereocenters. The summed E-state index contributed by atoms with van der Waals surface area (Å²) in [6.45, 7) is 0.803.